The van der Waals surface area contributed by atoms with Gasteiger partial charge in [0.15, 0.2) is 11.5 Å². The van der Waals surface area contributed by atoms with Gasteiger partial charge in [0.1, 0.15) is 5.54 Å². The second-order valence-corrected chi connectivity index (χ2v) is 5.16. The topological polar surface area (TPSA) is 45.5 Å². The zero-order valence-corrected chi connectivity index (χ0v) is 11.3. The summed E-state index contributed by atoms with van der Waals surface area (Å²) in [6.45, 7) is 6.87. The van der Waals surface area contributed by atoms with Crippen LogP contribution >= 0.6 is 0 Å². The maximum absolute atomic E-state index is 9.13. The van der Waals surface area contributed by atoms with E-state index in [1.165, 1.54) is 0 Å². The molecule has 96 valence electrons. The highest BCUT2D eigenvalue weighted by atomic mass is 16.7. The van der Waals surface area contributed by atoms with Crippen molar-refractivity contribution in [1.82, 2.24) is 4.90 Å². The summed E-state index contributed by atoms with van der Waals surface area (Å²) in [5, 5.41) is 9.13. The van der Waals surface area contributed by atoms with Gasteiger partial charge < -0.3 is 9.47 Å². The SMILES string of the molecule is Cc1cc2c(cc1CN(C)C(C)(C)C#N)OCO2. The number of benzene rings is 1. The van der Waals surface area contributed by atoms with Gasteiger partial charge in [0, 0.05) is 6.54 Å². The Hall–Kier alpha value is -1.73. The summed E-state index contributed by atoms with van der Waals surface area (Å²) < 4.78 is 10.7. The van der Waals surface area contributed by atoms with E-state index in [1.54, 1.807) is 0 Å². The van der Waals surface area contributed by atoms with Crippen LogP contribution in [-0.4, -0.2) is 24.3 Å². The molecule has 0 aliphatic carbocycles. The molecule has 0 fully saturated rings. The van der Waals surface area contributed by atoms with Crippen LogP contribution in [0.3, 0.4) is 0 Å². The first-order valence-electron chi connectivity index (χ1n) is 5.95. The molecule has 4 heteroatoms. The minimum Gasteiger partial charge on any atom is -0.454 e. The summed E-state index contributed by atoms with van der Waals surface area (Å²) in [5.74, 6) is 1.59. The highest BCUT2D eigenvalue weighted by Crippen LogP contribution is 2.35. The molecule has 1 aromatic carbocycles. The number of hydrogen-bond acceptors (Lipinski definition) is 4. The van der Waals surface area contributed by atoms with Crippen LogP contribution in [0.1, 0.15) is 25.0 Å². The lowest BCUT2D eigenvalue weighted by atomic mass is 10.0. The summed E-state index contributed by atoms with van der Waals surface area (Å²) in [7, 11) is 1.95. The Labute approximate surface area is 108 Å². The van der Waals surface area contributed by atoms with Crippen LogP contribution < -0.4 is 9.47 Å². The van der Waals surface area contributed by atoms with E-state index in [4.69, 9.17) is 14.7 Å². The van der Waals surface area contributed by atoms with Crippen LogP contribution in [-0.2, 0) is 6.54 Å². The van der Waals surface area contributed by atoms with Gasteiger partial charge >= 0.3 is 0 Å². The molecule has 0 aromatic heterocycles. The van der Waals surface area contributed by atoms with Crippen molar-refractivity contribution in [2.24, 2.45) is 0 Å². The first kappa shape index (κ1) is 12.7. The van der Waals surface area contributed by atoms with Crippen molar-refractivity contribution in [3.8, 4) is 17.6 Å². The van der Waals surface area contributed by atoms with E-state index in [1.807, 2.05) is 44.9 Å². The third-order valence-electron chi connectivity index (χ3n) is 3.47. The molecule has 4 nitrogen and oxygen atoms in total. The molecule has 0 N–H and O–H groups in total. The highest BCUT2D eigenvalue weighted by molar-refractivity contribution is 5.48. The van der Waals surface area contributed by atoms with Crippen LogP contribution in [0, 0.1) is 18.3 Å². The predicted octanol–water partition coefficient (Wildman–Crippen LogP) is 2.46. The number of nitrogens with zero attached hydrogens (tertiary/aromatic N) is 2. The fourth-order valence-electron chi connectivity index (χ4n) is 1.79. The Morgan fingerprint density at radius 3 is 2.56 bits per heavy atom. The summed E-state index contributed by atoms with van der Waals surface area (Å²) in [5.41, 5.74) is 1.83. The van der Waals surface area contributed by atoms with Gasteiger partial charge in [-0.1, -0.05) is 0 Å². The Balaban J connectivity index is 2.23. The van der Waals surface area contributed by atoms with E-state index >= 15 is 0 Å². The van der Waals surface area contributed by atoms with Gasteiger partial charge in [-0.3, -0.25) is 4.90 Å². The van der Waals surface area contributed by atoms with Crippen LogP contribution in [0.5, 0.6) is 11.5 Å². The van der Waals surface area contributed by atoms with Gasteiger partial charge in [0.05, 0.1) is 6.07 Å². The van der Waals surface area contributed by atoms with Gasteiger partial charge in [-0.15, -0.1) is 0 Å². The molecule has 0 saturated carbocycles. The van der Waals surface area contributed by atoms with E-state index in [0.29, 0.717) is 6.54 Å². The van der Waals surface area contributed by atoms with E-state index < -0.39 is 5.54 Å². The van der Waals surface area contributed by atoms with Crippen molar-refractivity contribution in [2.75, 3.05) is 13.8 Å². The number of ether oxygens (including phenoxy) is 2. The van der Waals surface area contributed by atoms with Gasteiger partial charge in [-0.25, -0.2) is 0 Å². The maximum Gasteiger partial charge on any atom is 0.231 e. The maximum atomic E-state index is 9.13. The molecule has 1 aliphatic rings. The smallest absolute Gasteiger partial charge is 0.231 e. The third kappa shape index (κ3) is 2.27. The Bertz CT molecular complexity index is 503. The highest BCUT2D eigenvalue weighted by Gasteiger charge is 2.24. The molecule has 0 saturated heterocycles. The number of aryl methyl sites for hydroxylation is 1. The molecular weight excluding hydrogens is 228 g/mol. The number of nitriles is 1. The van der Waals surface area contributed by atoms with Gasteiger partial charge in [-0.2, -0.15) is 5.26 Å². The van der Waals surface area contributed by atoms with Crippen molar-refractivity contribution in [1.29, 1.82) is 5.26 Å². The summed E-state index contributed by atoms with van der Waals surface area (Å²) in [6.07, 6.45) is 0. The van der Waals surface area contributed by atoms with Crippen molar-refractivity contribution in [3.05, 3.63) is 23.3 Å². The lowest BCUT2D eigenvalue weighted by Gasteiger charge is -2.29. The van der Waals surface area contributed by atoms with Crippen LogP contribution in [0.4, 0.5) is 0 Å². The summed E-state index contributed by atoms with van der Waals surface area (Å²) in [4.78, 5) is 2.03. The standard InChI is InChI=1S/C14H18N2O2/c1-10-5-12-13(18-9-17-12)6-11(10)7-16(4)14(2,3)8-15/h5-6H,7,9H2,1-4H3. The fourth-order valence-corrected chi connectivity index (χ4v) is 1.79. The molecule has 0 spiro atoms. The van der Waals surface area contributed by atoms with Gasteiger partial charge in [0.25, 0.3) is 0 Å². The molecule has 0 amide bonds. The third-order valence-corrected chi connectivity index (χ3v) is 3.47. The zero-order valence-electron chi connectivity index (χ0n) is 11.3. The normalized spacial score (nSPS) is 13.8. The Morgan fingerprint density at radius 1 is 1.33 bits per heavy atom. The predicted molar refractivity (Wildman–Crippen MR) is 68.5 cm³/mol. The van der Waals surface area contributed by atoms with Gasteiger partial charge in [0.2, 0.25) is 6.79 Å². The minimum absolute atomic E-state index is 0.289. The largest absolute Gasteiger partial charge is 0.454 e. The van der Waals surface area contributed by atoms with Crippen LogP contribution in [0.25, 0.3) is 0 Å². The molecule has 2 rings (SSSR count). The molecule has 0 unspecified atom stereocenters. The quantitative estimate of drug-likeness (QED) is 0.821. The van der Waals surface area contributed by atoms with Crippen LogP contribution in [0.15, 0.2) is 12.1 Å². The van der Waals surface area contributed by atoms with Crippen molar-refractivity contribution < 1.29 is 9.47 Å². The number of fused-ring (bicyclic) bond motifs is 1. The Kier molecular flexibility index (Phi) is 3.18. The summed E-state index contributed by atoms with van der Waals surface area (Å²) >= 11 is 0. The van der Waals surface area contributed by atoms with E-state index in [-0.39, 0.29) is 6.79 Å². The van der Waals surface area contributed by atoms with Crippen molar-refractivity contribution in [3.63, 3.8) is 0 Å². The second kappa shape index (κ2) is 4.51. The lowest BCUT2D eigenvalue weighted by molar-refractivity contribution is 0.173. The number of hydrogen-bond donors (Lipinski definition) is 0. The fraction of sp³-hybridized carbons (Fsp3) is 0.500. The minimum atomic E-state index is -0.483. The molecule has 0 atom stereocenters. The average Bonchev–Trinajstić information content (AvgIpc) is 2.76. The van der Waals surface area contributed by atoms with E-state index in [9.17, 15) is 0 Å². The van der Waals surface area contributed by atoms with Gasteiger partial charge in [-0.05, 0) is 51.1 Å². The second-order valence-electron chi connectivity index (χ2n) is 5.16. The summed E-state index contributed by atoms with van der Waals surface area (Å²) in [6, 6.07) is 6.30. The van der Waals surface area contributed by atoms with E-state index in [0.717, 1.165) is 22.6 Å². The Morgan fingerprint density at radius 2 is 1.94 bits per heavy atom. The molecule has 0 bridgehead atoms. The number of rotatable bonds is 3. The average molecular weight is 246 g/mol. The van der Waals surface area contributed by atoms with Crippen LogP contribution in [0.2, 0.25) is 0 Å². The van der Waals surface area contributed by atoms with E-state index in [2.05, 4.69) is 6.07 Å². The molecule has 18 heavy (non-hydrogen) atoms. The molecule has 0 radical (unpaired) electrons. The van der Waals surface area contributed by atoms with Crippen molar-refractivity contribution in [2.45, 2.75) is 32.9 Å². The lowest BCUT2D eigenvalue weighted by Crippen LogP contribution is -2.39. The first-order valence-corrected chi connectivity index (χ1v) is 5.95. The van der Waals surface area contributed by atoms with Crippen molar-refractivity contribution >= 4 is 0 Å². The molecule has 1 aromatic rings. The first-order chi connectivity index (χ1) is 8.44. The molecular formula is C14H18N2O2. The molecule has 1 aliphatic heterocycles. The zero-order chi connectivity index (χ0) is 13.3. The monoisotopic (exact) mass is 246 g/mol. The molecule has 1 heterocycles.